The van der Waals surface area contributed by atoms with Gasteiger partial charge in [0.15, 0.2) is 0 Å². The number of methoxy groups -OCH3 is 1. The molecule has 192 valence electrons. The number of nitrogens with one attached hydrogen (secondary N) is 3. The fraction of sp³-hybridized carbons (Fsp3) is 0.481. The van der Waals surface area contributed by atoms with Crippen molar-refractivity contribution < 1.29 is 28.9 Å². The summed E-state index contributed by atoms with van der Waals surface area (Å²) in [5, 5.41) is 18.8. The minimum absolute atomic E-state index is 0.00759. The van der Waals surface area contributed by atoms with E-state index in [1.165, 1.54) is 0 Å². The van der Waals surface area contributed by atoms with E-state index < -0.39 is 6.10 Å². The molecule has 1 aliphatic carbocycles. The van der Waals surface area contributed by atoms with Gasteiger partial charge in [0.1, 0.15) is 23.7 Å². The van der Waals surface area contributed by atoms with Crippen LogP contribution in [0.15, 0.2) is 42.5 Å². The summed E-state index contributed by atoms with van der Waals surface area (Å²) in [4.78, 5) is 25.2. The van der Waals surface area contributed by atoms with E-state index >= 15 is 0 Å². The topological polar surface area (TPSA) is 118 Å². The number of urea groups is 1. The highest BCUT2D eigenvalue weighted by Crippen LogP contribution is 2.47. The summed E-state index contributed by atoms with van der Waals surface area (Å²) in [6, 6.07) is 12.5. The molecule has 1 saturated heterocycles. The fourth-order valence-corrected chi connectivity index (χ4v) is 5.50. The fourth-order valence-electron chi connectivity index (χ4n) is 5.50. The number of ether oxygens (including phenoxy) is 3. The van der Waals surface area contributed by atoms with Gasteiger partial charge in [-0.2, -0.15) is 0 Å². The number of benzene rings is 2. The zero-order valence-electron chi connectivity index (χ0n) is 20.4. The van der Waals surface area contributed by atoms with E-state index in [9.17, 15) is 14.7 Å². The van der Waals surface area contributed by atoms with E-state index in [4.69, 9.17) is 14.2 Å². The van der Waals surface area contributed by atoms with Crippen molar-refractivity contribution in [3.05, 3.63) is 48.0 Å². The molecule has 2 aromatic rings. The van der Waals surface area contributed by atoms with Gasteiger partial charge in [-0.3, -0.25) is 4.79 Å². The van der Waals surface area contributed by atoms with Crippen molar-refractivity contribution in [1.82, 2.24) is 5.32 Å². The van der Waals surface area contributed by atoms with Gasteiger partial charge in [0.05, 0.1) is 26.2 Å². The molecule has 2 heterocycles. The number of carbonyl (C=O) groups excluding carboxylic acids is 2. The number of aliphatic hydroxyl groups is 1. The van der Waals surface area contributed by atoms with Gasteiger partial charge < -0.3 is 35.3 Å². The summed E-state index contributed by atoms with van der Waals surface area (Å²) in [5.41, 5.74) is 2.23. The average Bonchev–Trinajstić information content (AvgIpc) is 3.51. The lowest BCUT2D eigenvalue weighted by Gasteiger charge is -2.37. The Labute approximate surface area is 210 Å². The van der Waals surface area contributed by atoms with Crippen molar-refractivity contribution in [2.45, 2.75) is 68.8 Å². The first-order valence-corrected chi connectivity index (χ1v) is 12.6. The lowest BCUT2D eigenvalue weighted by atomic mass is 9.84. The highest BCUT2D eigenvalue weighted by molar-refractivity contribution is 5.99. The molecule has 0 bridgehead atoms. The van der Waals surface area contributed by atoms with Crippen molar-refractivity contribution in [3.63, 3.8) is 0 Å². The molecule has 0 radical (unpaired) electrons. The Kier molecular flexibility index (Phi) is 7.29. The van der Waals surface area contributed by atoms with E-state index in [0.717, 1.165) is 31.2 Å². The summed E-state index contributed by atoms with van der Waals surface area (Å²) in [6.45, 7) is -0.189. The minimum atomic E-state index is -0.518. The summed E-state index contributed by atoms with van der Waals surface area (Å²) < 4.78 is 17.3. The highest BCUT2D eigenvalue weighted by atomic mass is 16.6. The number of carbonyl (C=O) groups is 2. The molecule has 4 atom stereocenters. The van der Waals surface area contributed by atoms with Gasteiger partial charge in [-0.05, 0) is 61.7 Å². The van der Waals surface area contributed by atoms with Crippen molar-refractivity contribution in [2.75, 3.05) is 24.4 Å². The van der Waals surface area contributed by atoms with Gasteiger partial charge in [-0.15, -0.1) is 0 Å². The molecule has 4 N–H and O–H groups in total. The van der Waals surface area contributed by atoms with Crippen LogP contribution in [0.5, 0.6) is 11.5 Å². The molecule has 9 heteroatoms. The smallest absolute Gasteiger partial charge is 0.323 e. The first-order valence-electron chi connectivity index (χ1n) is 12.6. The molecule has 2 aliphatic heterocycles. The van der Waals surface area contributed by atoms with Crippen LogP contribution in [0.25, 0.3) is 0 Å². The molecule has 9 nitrogen and oxygen atoms in total. The third-order valence-corrected chi connectivity index (χ3v) is 7.24. The summed E-state index contributed by atoms with van der Waals surface area (Å²) in [7, 11) is 1.59. The average molecular weight is 496 g/mol. The molecule has 3 aliphatic rings. The van der Waals surface area contributed by atoms with Crippen LogP contribution >= 0.6 is 0 Å². The number of fused-ring (bicyclic) bond motifs is 3. The number of rotatable bonds is 7. The van der Waals surface area contributed by atoms with E-state index in [0.29, 0.717) is 29.3 Å². The highest BCUT2D eigenvalue weighted by Gasteiger charge is 2.46. The van der Waals surface area contributed by atoms with Gasteiger partial charge in [-0.1, -0.05) is 12.8 Å². The van der Waals surface area contributed by atoms with Gasteiger partial charge >= 0.3 is 6.03 Å². The maximum absolute atomic E-state index is 12.6. The Balaban J connectivity index is 1.24. The minimum Gasteiger partial charge on any atom is -0.497 e. The third-order valence-electron chi connectivity index (χ3n) is 7.24. The molecule has 0 aromatic heterocycles. The van der Waals surface area contributed by atoms with Crippen molar-refractivity contribution in [1.29, 1.82) is 0 Å². The first kappa shape index (κ1) is 24.4. The van der Waals surface area contributed by atoms with Gasteiger partial charge in [0.2, 0.25) is 5.91 Å². The predicted octanol–water partition coefficient (Wildman–Crippen LogP) is 3.78. The molecule has 36 heavy (non-hydrogen) atoms. The quantitative estimate of drug-likeness (QED) is 0.464. The molecule has 0 unspecified atom stereocenters. The van der Waals surface area contributed by atoms with Crippen LogP contribution in [0, 0.1) is 0 Å². The number of amides is 3. The molecule has 5 rings (SSSR count). The summed E-state index contributed by atoms with van der Waals surface area (Å²) in [5.74, 6) is 1.37. The van der Waals surface area contributed by atoms with Crippen molar-refractivity contribution in [3.8, 4) is 11.5 Å². The monoisotopic (exact) mass is 495 g/mol. The van der Waals surface area contributed by atoms with Crippen LogP contribution in [0.2, 0.25) is 0 Å². The van der Waals surface area contributed by atoms with Crippen molar-refractivity contribution in [2.24, 2.45) is 0 Å². The maximum atomic E-state index is 12.6. The molecule has 2 fully saturated rings. The zero-order valence-corrected chi connectivity index (χ0v) is 20.4. The predicted molar refractivity (Wildman–Crippen MR) is 135 cm³/mol. The van der Waals surface area contributed by atoms with Crippen LogP contribution in [0.3, 0.4) is 0 Å². The van der Waals surface area contributed by atoms with Gasteiger partial charge in [0.25, 0.3) is 0 Å². The second-order valence-corrected chi connectivity index (χ2v) is 9.72. The molecular formula is C27H33N3O6. The second kappa shape index (κ2) is 10.8. The number of hydrogen-bond acceptors (Lipinski definition) is 6. The zero-order chi connectivity index (χ0) is 25.1. The summed E-state index contributed by atoms with van der Waals surface area (Å²) in [6.07, 6.45) is 4.08. The largest absolute Gasteiger partial charge is 0.497 e. The molecule has 2 aromatic carbocycles. The standard InChI is InChI=1S/C27H33N3O6/c1-34-19-9-6-17(7-10-19)29-27(33)30-18-8-11-23-21(12-18)22-13-20(35-24(15-31)26(22)36-23)14-25(32)28-16-4-2-3-5-16/h6-12,16,20,22,24,26,31H,2-5,13-15H2,1H3,(H,28,32)(H2,29,30,33)/t20-,22-,24-,26+/m1/s1. The number of aliphatic hydroxyl groups excluding tert-OH is 1. The van der Waals surface area contributed by atoms with E-state index in [2.05, 4.69) is 16.0 Å². The SMILES string of the molecule is COc1ccc(NC(=O)Nc2ccc3c(c2)[C@H]2C[C@H](CC(=O)NC4CCCC4)O[C@H](CO)[C@H]2O3)cc1. The van der Waals surface area contributed by atoms with Crippen LogP contribution in [0.1, 0.15) is 50.0 Å². The van der Waals surface area contributed by atoms with Crippen LogP contribution in [0.4, 0.5) is 16.2 Å². The van der Waals surface area contributed by atoms with Crippen molar-refractivity contribution >= 4 is 23.3 Å². The third kappa shape index (κ3) is 5.42. The van der Waals surface area contributed by atoms with E-state index in [1.807, 2.05) is 12.1 Å². The van der Waals surface area contributed by atoms with Crippen LogP contribution < -0.4 is 25.4 Å². The van der Waals surface area contributed by atoms with Crippen LogP contribution in [-0.4, -0.2) is 55.1 Å². The Bertz CT molecular complexity index is 1090. The number of hydrogen-bond donors (Lipinski definition) is 4. The van der Waals surface area contributed by atoms with Crippen LogP contribution in [-0.2, 0) is 9.53 Å². The number of anilines is 2. The normalized spacial score (nSPS) is 24.8. The van der Waals surface area contributed by atoms with Gasteiger partial charge in [0, 0.05) is 28.9 Å². The maximum Gasteiger partial charge on any atom is 0.323 e. The lowest BCUT2D eigenvalue weighted by molar-refractivity contribution is -0.142. The Hall–Kier alpha value is -3.30. The molecular weight excluding hydrogens is 462 g/mol. The Morgan fingerprint density at radius 3 is 2.50 bits per heavy atom. The Morgan fingerprint density at radius 2 is 1.78 bits per heavy atom. The lowest BCUT2D eigenvalue weighted by Crippen LogP contribution is -2.47. The van der Waals surface area contributed by atoms with E-state index in [-0.39, 0.29) is 49.1 Å². The molecule has 0 spiro atoms. The Morgan fingerprint density at radius 1 is 1.06 bits per heavy atom. The molecule has 1 saturated carbocycles. The van der Waals surface area contributed by atoms with E-state index in [1.54, 1.807) is 37.4 Å². The van der Waals surface area contributed by atoms with Gasteiger partial charge in [-0.25, -0.2) is 4.79 Å². The molecule has 3 amide bonds. The second-order valence-electron chi connectivity index (χ2n) is 9.72. The summed E-state index contributed by atoms with van der Waals surface area (Å²) >= 11 is 0. The first-order chi connectivity index (χ1) is 17.5.